The monoisotopic (exact) mass is 390 g/mol. The van der Waals surface area contributed by atoms with Crippen molar-refractivity contribution in [2.45, 2.75) is 25.3 Å². The van der Waals surface area contributed by atoms with Crippen LogP contribution in [0.3, 0.4) is 0 Å². The van der Waals surface area contributed by atoms with Crippen LogP contribution in [0, 0.1) is 0 Å². The smallest absolute Gasteiger partial charge is 0.374 e. The minimum absolute atomic E-state index is 0.0391. The van der Waals surface area contributed by atoms with Crippen molar-refractivity contribution in [3.05, 3.63) is 47.2 Å². The molecular formula is C19H19ClN2O5. The van der Waals surface area contributed by atoms with Gasteiger partial charge in [-0.05, 0) is 43.5 Å². The highest BCUT2D eigenvalue weighted by Gasteiger charge is 2.31. The molecule has 0 spiro atoms. The summed E-state index contributed by atoms with van der Waals surface area (Å²) in [6.45, 7) is -0.0634. The van der Waals surface area contributed by atoms with Crippen LogP contribution in [0.4, 0.5) is 0 Å². The summed E-state index contributed by atoms with van der Waals surface area (Å²) in [5.74, 6) is -1.39. The zero-order valence-corrected chi connectivity index (χ0v) is 15.3. The maximum atomic E-state index is 12.3. The maximum Gasteiger partial charge on any atom is 0.374 e. The number of primary amides is 1. The molecule has 27 heavy (non-hydrogen) atoms. The van der Waals surface area contributed by atoms with Crippen molar-refractivity contribution in [1.29, 1.82) is 0 Å². The third-order valence-corrected chi connectivity index (χ3v) is 4.75. The number of benzene rings is 1. The number of amides is 2. The van der Waals surface area contributed by atoms with E-state index in [1.165, 1.54) is 11.0 Å². The van der Waals surface area contributed by atoms with Crippen molar-refractivity contribution < 1.29 is 23.5 Å². The molecular weight excluding hydrogens is 372 g/mol. The molecule has 1 fully saturated rings. The lowest BCUT2D eigenvalue weighted by Crippen LogP contribution is -2.51. The van der Waals surface area contributed by atoms with E-state index in [-0.39, 0.29) is 5.76 Å². The van der Waals surface area contributed by atoms with Gasteiger partial charge in [-0.15, -0.1) is 0 Å². The molecule has 1 aromatic carbocycles. The Morgan fingerprint density at radius 2 is 1.96 bits per heavy atom. The van der Waals surface area contributed by atoms with Gasteiger partial charge in [0.2, 0.25) is 11.7 Å². The van der Waals surface area contributed by atoms with Crippen LogP contribution >= 0.6 is 11.6 Å². The van der Waals surface area contributed by atoms with Crippen LogP contribution in [0.25, 0.3) is 11.3 Å². The number of hydrogen-bond acceptors (Lipinski definition) is 5. The van der Waals surface area contributed by atoms with Crippen LogP contribution < -0.4 is 5.73 Å². The quantitative estimate of drug-likeness (QED) is 0.790. The highest BCUT2D eigenvalue weighted by molar-refractivity contribution is 6.33. The number of nitrogens with zero attached hydrogens (tertiary/aromatic N) is 1. The van der Waals surface area contributed by atoms with Crippen molar-refractivity contribution in [3.63, 3.8) is 0 Å². The molecule has 1 aromatic heterocycles. The summed E-state index contributed by atoms with van der Waals surface area (Å²) in [4.78, 5) is 37.3. The number of furan rings is 1. The molecule has 7 nitrogen and oxygen atoms in total. The second-order valence-electron chi connectivity index (χ2n) is 6.22. The average molecular weight is 391 g/mol. The number of carbonyl (C=O) groups excluding carboxylic acids is 3. The highest BCUT2D eigenvalue weighted by atomic mass is 35.5. The Hall–Kier alpha value is -2.80. The number of carbonyl (C=O) groups is 3. The second kappa shape index (κ2) is 8.26. The number of halogens is 1. The molecule has 1 aliphatic heterocycles. The van der Waals surface area contributed by atoms with E-state index in [0.717, 1.165) is 12.8 Å². The molecule has 2 N–H and O–H groups in total. The lowest BCUT2D eigenvalue weighted by atomic mass is 10.0. The first-order valence-corrected chi connectivity index (χ1v) is 8.96. The van der Waals surface area contributed by atoms with Crippen molar-refractivity contribution in [3.8, 4) is 11.3 Å². The van der Waals surface area contributed by atoms with Crippen molar-refractivity contribution in [1.82, 2.24) is 4.90 Å². The molecule has 1 atom stereocenters. The summed E-state index contributed by atoms with van der Waals surface area (Å²) in [6, 6.07) is 9.47. The van der Waals surface area contributed by atoms with Gasteiger partial charge in [-0.1, -0.05) is 23.7 Å². The first kappa shape index (κ1) is 19.0. The Balaban J connectivity index is 1.62. The fourth-order valence-corrected chi connectivity index (χ4v) is 3.29. The van der Waals surface area contributed by atoms with Gasteiger partial charge in [0.25, 0.3) is 5.91 Å². The Morgan fingerprint density at radius 3 is 2.70 bits per heavy atom. The Kier molecular flexibility index (Phi) is 5.81. The maximum absolute atomic E-state index is 12.3. The standard InChI is InChI=1S/C19H19ClN2O5/c20-13-6-2-1-5-12(13)15-8-9-16(27-15)19(25)26-11-17(23)22-10-4-3-7-14(22)18(21)24/h1-2,5-6,8-9,14H,3-4,7,10-11H2,(H2,21,24)/t14-/m1/s1. The van der Waals surface area contributed by atoms with E-state index < -0.39 is 30.4 Å². The highest BCUT2D eigenvalue weighted by Crippen LogP contribution is 2.29. The van der Waals surface area contributed by atoms with Crippen LogP contribution in [0.1, 0.15) is 29.8 Å². The van der Waals surface area contributed by atoms with E-state index in [9.17, 15) is 14.4 Å². The van der Waals surface area contributed by atoms with Gasteiger partial charge in [-0.2, -0.15) is 0 Å². The topological polar surface area (TPSA) is 103 Å². The predicted octanol–water partition coefficient (Wildman–Crippen LogP) is 2.62. The van der Waals surface area contributed by atoms with Gasteiger partial charge in [0.1, 0.15) is 11.8 Å². The van der Waals surface area contributed by atoms with E-state index in [1.807, 2.05) is 0 Å². The minimum Gasteiger partial charge on any atom is -0.450 e. The third-order valence-electron chi connectivity index (χ3n) is 4.42. The van der Waals surface area contributed by atoms with Crippen LogP contribution in [-0.4, -0.2) is 41.9 Å². The molecule has 1 aliphatic rings. The molecule has 2 aromatic rings. The SMILES string of the molecule is NC(=O)[C@H]1CCCCN1C(=O)COC(=O)c1ccc(-c2ccccc2Cl)o1. The number of rotatable bonds is 5. The van der Waals surface area contributed by atoms with E-state index in [1.54, 1.807) is 30.3 Å². The fourth-order valence-electron chi connectivity index (χ4n) is 3.06. The van der Waals surface area contributed by atoms with Gasteiger partial charge >= 0.3 is 5.97 Å². The van der Waals surface area contributed by atoms with E-state index >= 15 is 0 Å². The number of piperidine rings is 1. The molecule has 0 aliphatic carbocycles. The lowest BCUT2D eigenvalue weighted by Gasteiger charge is -2.33. The Morgan fingerprint density at radius 1 is 1.19 bits per heavy atom. The van der Waals surface area contributed by atoms with Crippen molar-refractivity contribution >= 4 is 29.4 Å². The largest absolute Gasteiger partial charge is 0.450 e. The summed E-state index contributed by atoms with van der Waals surface area (Å²) in [5, 5.41) is 0.490. The molecule has 0 saturated carbocycles. The van der Waals surface area contributed by atoms with Crippen LogP contribution in [0.15, 0.2) is 40.8 Å². The molecule has 8 heteroatoms. The fraction of sp³-hybridized carbons (Fsp3) is 0.316. The molecule has 142 valence electrons. The molecule has 0 unspecified atom stereocenters. The summed E-state index contributed by atoms with van der Waals surface area (Å²) in [6.07, 6.45) is 2.13. The predicted molar refractivity (Wildman–Crippen MR) is 98.0 cm³/mol. The lowest BCUT2D eigenvalue weighted by molar-refractivity contribution is -0.143. The molecule has 3 rings (SSSR count). The summed E-state index contributed by atoms with van der Waals surface area (Å²) in [5.41, 5.74) is 5.99. The molecule has 0 bridgehead atoms. The third kappa shape index (κ3) is 4.31. The van der Waals surface area contributed by atoms with E-state index in [2.05, 4.69) is 0 Å². The van der Waals surface area contributed by atoms with Gasteiger partial charge in [-0.3, -0.25) is 9.59 Å². The Bertz CT molecular complexity index is 863. The van der Waals surface area contributed by atoms with Crippen molar-refractivity contribution in [2.75, 3.05) is 13.2 Å². The summed E-state index contributed by atoms with van der Waals surface area (Å²) >= 11 is 6.11. The van der Waals surface area contributed by atoms with Gasteiger partial charge in [0.15, 0.2) is 6.61 Å². The number of ether oxygens (including phenoxy) is 1. The zero-order chi connectivity index (χ0) is 19.4. The minimum atomic E-state index is -0.769. The van der Waals surface area contributed by atoms with Crippen molar-refractivity contribution in [2.24, 2.45) is 5.73 Å². The summed E-state index contributed by atoms with van der Waals surface area (Å²) in [7, 11) is 0. The summed E-state index contributed by atoms with van der Waals surface area (Å²) < 4.78 is 10.5. The van der Waals surface area contributed by atoms with Crippen LogP contribution in [-0.2, 0) is 14.3 Å². The van der Waals surface area contributed by atoms with Gasteiger partial charge in [-0.25, -0.2) is 4.79 Å². The van der Waals surface area contributed by atoms with Crippen LogP contribution in [0.2, 0.25) is 5.02 Å². The number of hydrogen-bond donors (Lipinski definition) is 1. The average Bonchev–Trinajstić information content (AvgIpc) is 3.16. The Labute approximate surface area is 161 Å². The first-order chi connectivity index (χ1) is 13.0. The molecule has 0 radical (unpaired) electrons. The van der Waals surface area contributed by atoms with E-state index in [4.69, 9.17) is 26.5 Å². The van der Waals surface area contributed by atoms with Gasteiger partial charge in [0.05, 0.1) is 5.02 Å². The number of esters is 1. The molecule has 2 heterocycles. The first-order valence-electron chi connectivity index (χ1n) is 8.58. The number of likely N-dealkylation sites (tertiary alicyclic amines) is 1. The number of nitrogens with two attached hydrogens (primary N) is 1. The van der Waals surface area contributed by atoms with Gasteiger partial charge < -0.3 is 19.8 Å². The second-order valence-corrected chi connectivity index (χ2v) is 6.63. The normalized spacial score (nSPS) is 16.8. The zero-order valence-electron chi connectivity index (χ0n) is 14.5. The molecule has 1 saturated heterocycles. The van der Waals surface area contributed by atoms with Gasteiger partial charge in [0, 0.05) is 12.1 Å². The van der Waals surface area contributed by atoms with E-state index in [0.29, 0.717) is 29.3 Å². The molecule has 2 amide bonds. The van der Waals surface area contributed by atoms with Crippen LogP contribution in [0.5, 0.6) is 0 Å².